The number of hydrogen-bond acceptors (Lipinski definition) is 5. The van der Waals surface area contributed by atoms with E-state index in [2.05, 4.69) is 16.2 Å². The molecule has 0 aliphatic heterocycles. The molecule has 0 atom stereocenters. The minimum absolute atomic E-state index is 0.0528. The molecule has 0 spiro atoms. The molecule has 2 aromatic rings. The number of rotatable bonds is 6. The molecule has 0 heterocycles. The summed E-state index contributed by atoms with van der Waals surface area (Å²) in [6, 6.07) is 12.0. The highest BCUT2D eigenvalue weighted by Gasteiger charge is 2.13. The summed E-state index contributed by atoms with van der Waals surface area (Å²) in [5, 5.41) is 13.0. The number of aryl methyl sites for hydroxylation is 1. The van der Waals surface area contributed by atoms with Crippen LogP contribution in [0.3, 0.4) is 0 Å². The van der Waals surface area contributed by atoms with Gasteiger partial charge in [-0.3, -0.25) is 35.3 Å². The lowest BCUT2D eigenvalue weighted by Gasteiger charge is -2.09. The molecule has 0 saturated heterocycles. The molecule has 3 amide bonds. The maximum Gasteiger partial charge on any atom is 0.270 e. The van der Waals surface area contributed by atoms with E-state index >= 15 is 0 Å². The van der Waals surface area contributed by atoms with Gasteiger partial charge in [-0.15, -0.1) is 0 Å². The summed E-state index contributed by atoms with van der Waals surface area (Å²) in [6.45, 7) is 1.59. The Labute approximate surface area is 154 Å². The molecule has 9 heteroatoms. The van der Waals surface area contributed by atoms with Gasteiger partial charge >= 0.3 is 0 Å². The Hall–Kier alpha value is -3.75. The maximum absolute atomic E-state index is 11.9. The smallest absolute Gasteiger partial charge is 0.270 e. The van der Waals surface area contributed by atoms with Crippen molar-refractivity contribution in [3.63, 3.8) is 0 Å². The summed E-state index contributed by atoms with van der Waals surface area (Å²) < 4.78 is 0. The molecule has 0 bridgehead atoms. The second-order valence-electron chi connectivity index (χ2n) is 5.54. The van der Waals surface area contributed by atoms with E-state index in [0.29, 0.717) is 5.56 Å². The first-order chi connectivity index (χ1) is 12.9. The number of nitrogens with zero attached hydrogens (tertiary/aromatic N) is 1. The fraction of sp³-hybridized carbons (Fsp3) is 0.167. The molecule has 3 N–H and O–H groups in total. The van der Waals surface area contributed by atoms with E-state index < -0.39 is 29.2 Å². The minimum Gasteiger partial charge on any atom is -0.343 e. The van der Waals surface area contributed by atoms with E-state index in [0.717, 1.165) is 18.1 Å². The number of hydrazine groups is 1. The summed E-state index contributed by atoms with van der Waals surface area (Å²) in [5.41, 5.74) is 5.72. The predicted molar refractivity (Wildman–Crippen MR) is 96.9 cm³/mol. The molecular formula is C18H18N4O5. The maximum atomic E-state index is 11.9. The Kier molecular flexibility index (Phi) is 6.59. The summed E-state index contributed by atoms with van der Waals surface area (Å²) in [6.07, 6.45) is 0.850. The minimum atomic E-state index is -0.646. The fourth-order valence-electron chi connectivity index (χ4n) is 2.16. The molecule has 0 radical (unpaired) electrons. The van der Waals surface area contributed by atoms with Crippen molar-refractivity contribution in [1.29, 1.82) is 0 Å². The number of carbonyl (C=O) groups excluding carboxylic acids is 3. The third kappa shape index (κ3) is 5.63. The third-order valence-electron chi connectivity index (χ3n) is 3.67. The van der Waals surface area contributed by atoms with Crippen molar-refractivity contribution in [3.8, 4) is 0 Å². The third-order valence-corrected chi connectivity index (χ3v) is 3.67. The molecule has 2 rings (SSSR count). The van der Waals surface area contributed by atoms with Crippen LogP contribution < -0.4 is 16.2 Å². The standard InChI is InChI=1S/C18H18N4O5/c1-2-12-6-8-13(9-7-12)18(25)21-20-16(23)11-19-17(24)14-4-3-5-15(10-14)22(26)27/h3-10H,2,11H2,1H3,(H,19,24)(H,20,23)(H,21,25). The topological polar surface area (TPSA) is 130 Å². The summed E-state index contributed by atoms with van der Waals surface area (Å²) in [5.74, 6) is -1.78. The largest absolute Gasteiger partial charge is 0.343 e. The monoisotopic (exact) mass is 370 g/mol. The van der Waals surface area contributed by atoms with Crippen LogP contribution in [0.2, 0.25) is 0 Å². The Morgan fingerprint density at radius 2 is 1.67 bits per heavy atom. The lowest BCUT2D eigenvalue weighted by molar-refractivity contribution is -0.384. The summed E-state index contributed by atoms with van der Waals surface area (Å²) in [4.78, 5) is 45.7. The first-order valence-electron chi connectivity index (χ1n) is 8.11. The number of carbonyl (C=O) groups is 3. The van der Waals surface area contributed by atoms with E-state index in [-0.39, 0.29) is 11.3 Å². The SMILES string of the molecule is CCc1ccc(C(=O)NNC(=O)CNC(=O)c2cccc([N+](=O)[O-])c2)cc1. The van der Waals surface area contributed by atoms with E-state index in [9.17, 15) is 24.5 Å². The zero-order chi connectivity index (χ0) is 19.8. The molecule has 0 unspecified atom stereocenters. The molecule has 140 valence electrons. The molecular weight excluding hydrogens is 352 g/mol. The van der Waals surface area contributed by atoms with Crippen LogP contribution in [0.5, 0.6) is 0 Å². The van der Waals surface area contributed by atoms with Crippen LogP contribution in [0.4, 0.5) is 5.69 Å². The van der Waals surface area contributed by atoms with Crippen LogP contribution in [0.1, 0.15) is 33.2 Å². The zero-order valence-corrected chi connectivity index (χ0v) is 14.5. The lowest BCUT2D eigenvalue weighted by Crippen LogP contribution is -2.46. The van der Waals surface area contributed by atoms with Crippen molar-refractivity contribution >= 4 is 23.4 Å². The zero-order valence-electron chi connectivity index (χ0n) is 14.5. The number of nitrogens with one attached hydrogen (secondary N) is 3. The van der Waals surface area contributed by atoms with E-state index in [4.69, 9.17) is 0 Å². The molecule has 0 fully saturated rings. The Balaban J connectivity index is 1.81. The van der Waals surface area contributed by atoms with Crippen LogP contribution in [-0.4, -0.2) is 29.2 Å². The van der Waals surface area contributed by atoms with Gasteiger partial charge in [-0.1, -0.05) is 25.1 Å². The van der Waals surface area contributed by atoms with Crippen molar-refractivity contribution in [1.82, 2.24) is 16.2 Å². The second-order valence-corrected chi connectivity index (χ2v) is 5.54. The fourth-order valence-corrected chi connectivity index (χ4v) is 2.16. The van der Waals surface area contributed by atoms with Gasteiger partial charge in [0.25, 0.3) is 23.4 Å². The number of amides is 3. The van der Waals surface area contributed by atoms with Gasteiger partial charge < -0.3 is 5.32 Å². The normalized spacial score (nSPS) is 9.96. The van der Waals surface area contributed by atoms with Crippen molar-refractivity contribution < 1.29 is 19.3 Å². The molecule has 0 aliphatic rings. The van der Waals surface area contributed by atoms with Crippen molar-refractivity contribution in [3.05, 3.63) is 75.3 Å². The summed E-state index contributed by atoms with van der Waals surface area (Å²) >= 11 is 0. The molecule has 0 aromatic heterocycles. The second kappa shape index (κ2) is 9.09. The van der Waals surface area contributed by atoms with E-state index in [1.807, 2.05) is 19.1 Å². The van der Waals surface area contributed by atoms with Crippen LogP contribution in [0.25, 0.3) is 0 Å². The van der Waals surface area contributed by atoms with Crippen LogP contribution in [0, 0.1) is 10.1 Å². The number of nitro groups is 1. The van der Waals surface area contributed by atoms with Gasteiger partial charge in [0.2, 0.25) is 0 Å². The van der Waals surface area contributed by atoms with Crippen molar-refractivity contribution in [2.75, 3.05) is 6.54 Å². The lowest BCUT2D eigenvalue weighted by atomic mass is 10.1. The Bertz CT molecular complexity index is 864. The van der Waals surface area contributed by atoms with Crippen LogP contribution in [0.15, 0.2) is 48.5 Å². The van der Waals surface area contributed by atoms with Crippen LogP contribution >= 0.6 is 0 Å². The van der Waals surface area contributed by atoms with Gasteiger partial charge in [0.05, 0.1) is 11.5 Å². The molecule has 2 aromatic carbocycles. The van der Waals surface area contributed by atoms with E-state index in [1.165, 1.54) is 18.2 Å². The predicted octanol–water partition coefficient (Wildman–Crippen LogP) is 1.35. The van der Waals surface area contributed by atoms with Gasteiger partial charge in [0.1, 0.15) is 0 Å². The highest BCUT2D eigenvalue weighted by molar-refractivity contribution is 5.98. The molecule has 0 aliphatic carbocycles. The quantitative estimate of drug-likeness (QED) is 0.522. The first-order valence-corrected chi connectivity index (χ1v) is 8.11. The van der Waals surface area contributed by atoms with Gasteiger partial charge in [-0.25, -0.2) is 0 Å². The van der Waals surface area contributed by atoms with Crippen molar-refractivity contribution in [2.24, 2.45) is 0 Å². The number of hydrogen-bond donors (Lipinski definition) is 3. The first kappa shape index (κ1) is 19.6. The Morgan fingerprint density at radius 3 is 2.30 bits per heavy atom. The van der Waals surface area contributed by atoms with Gasteiger partial charge in [-0.2, -0.15) is 0 Å². The highest BCUT2D eigenvalue weighted by Crippen LogP contribution is 2.12. The summed E-state index contributed by atoms with van der Waals surface area (Å²) in [7, 11) is 0. The molecule has 9 nitrogen and oxygen atoms in total. The van der Waals surface area contributed by atoms with Gasteiger partial charge in [0.15, 0.2) is 0 Å². The highest BCUT2D eigenvalue weighted by atomic mass is 16.6. The number of nitro benzene ring substituents is 1. The average Bonchev–Trinajstić information content (AvgIpc) is 2.70. The Morgan fingerprint density at radius 1 is 0.963 bits per heavy atom. The number of benzene rings is 2. The molecule has 0 saturated carbocycles. The van der Waals surface area contributed by atoms with Gasteiger partial charge in [-0.05, 0) is 30.2 Å². The molecule has 27 heavy (non-hydrogen) atoms. The number of non-ortho nitro benzene ring substituents is 1. The average molecular weight is 370 g/mol. The van der Waals surface area contributed by atoms with Crippen LogP contribution in [-0.2, 0) is 11.2 Å². The van der Waals surface area contributed by atoms with Gasteiger partial charge in [0, 0.05) is 23.3 Å². The van der Waals surface area contributed by atoms with E-state index in [1.54, 1.807) is 12.1 Å². The van der Waals surface area contributed by atoms with Crippen molar-refractivity contribution in [2.45, 2.75) is 13.3 Å².